The number of sulfonamides is 1. The second-order valence-corrected chi connectivity index (χ2v) is 8.16. The van der Waals surface area contributed by atoms with Crippen LogP contribution in [0.5, 0.6) is 0 Å². The predicted octanol–water partition coefficient (Wildman–Crippen LogP) is 2.34. The van der Waals surface area contributed by atoms with Crippen LogP contribution in [0.1, 0.15) is 12.5 Å². The largest absolute Gasteiger partial charge is 0.244 e. The summed E-state index contributed by atoms with van der Waals surface area (Å²) in [5, 5.41) is 9.29. The number of hydrogen-bond acceptors (Lipinski definition) is 4. The molecule has 0 aliphatic carbocycles. The van der Waals surface area contributed by atoms with E-state index in [4.69, 9.17) is 16.9 Å². The molecule has 0 saturated carbocycles. The van der Waals surface area contributed by atoms with Crippen molar-refractivity contribution in [3.63, 3.8) is 0 Å². The Bertz CT molecular complexity index is 625. The van der Waals surface area contributed by atoms with Gasteiger partial charge in [-0.3, -0.25) is 0 Å². The lowest BCUT2D eigenvalue weighted by atomic mass is 10.2. The Kier molecular flexibility index (Phi) is 4.41. The molecule has 1 aliphatic heterocycles. The smallest absolute Gasteiger partial charge is 0.207 e. The zero-order valence-corrected chi connectivity index (χ0v) is 12.7. The average molecular weight is 317 g/mol. The highest BCUT2D eigenvalue weighted by Gasteiger charge is 2.30. The van der Waals surface area contributed by atoms with E-state index in [1.807, 2.05) is 13.0 Å². The van der Waals surface area contributed by atoms with E-state index in [-0.39, 0.29) is 15.2 Å². The van der Waals surface area contributed by atoms with Crippen molar-refractivity contribution in [3.8, 4) is 6.07 Å². The molecule has 1 aromatic rings. The van der Waals surface area contributed by atoms with Crippen LogP contribution >= 0.6 is 23.4 Å². The topological polar surface area (TPSA) is 61.2 Å². The highest BCUT2D eigenvalue weighted by atomic mass is 35.5. The van der Waals surface area contributed by atoms with E-state index >= 15 is 0 Å². The molecule has 1 fully saturated rings. The number of nitrogens with zero attached hydrogens (tertiary/aromatic N) is 2. The van der Waals surface area contributed by atoms with Crippen LogP contribution in [0.15, 0.2) is 23.1 Å². The number of nitriles is 1. The molecule has 2 rings (SSSR count). The van der Waals surface area contributed by atoms with Gasteiger partial charge in [-0.15, -0.1) is 0 Å². The van der Waals surface area contributed by atoms with Gasteiger partial charge in [-0.25, -0.2) is 8.42 Å². The second kappa shape index (κ2) is 5.71. The van der Waals surface area contributed by atoms with Gasteiger partial charge in [0.1, 0.15) is 4.90 Å². The fourth-order valence-electron chi connectivity index (χ4n) is 1.91. The summed E-state index contributed by atoms with van der Waals surface area (Å²) >= 11 is 7.73. The Balaban J connectivity index is 2.42. The number of benzene rings is 1. The van der Waals surface area contributed by atoms with Crippen LogP contribution in [0.2, 0.25) is 5.02 Å². The van der Waals surface area contributed by atoms with Gasteiger partial charge in [-0.05, 0) is 18.2 Å². The molecule has 1 atom stereocenters. The van der Waals surface area contributed by atoms with Gasteiger partial charge in [0, 0.05) is 24.1 Å². The highest BCUT2D eigenvalue weighted by molar-refractivity contribution is 8.00. The van der Waals surface area contributed by atoms with Crippen LogP contribution in [0, 0.1) is 11.3 Å². The third-order valence-corrected chi connectivity index (χ3v) is 6.37. The summed E-state index contributed by atoms with van der Waals surface area (Å²) in [6.07, 6.45) is 0. The van der Waals surface area contributed by atoms with Gasteiger partial charge in [0.2, 0.25) is 10.0 Å². The van der Waals surface area contributed by atoms with Crippen LogP contribution in [-0.2, 0) is 10.0 Å². The molecule has 1 heterocycles. The van der Waals surface area contributed by atoms with Crippen molar-refractivity contribution in [3.05, 3.63) is 28.8 Å². The molecule has 4 nitrogen and oxygen atoms in total. The minimum atomic E-state index is -3.62. The van der Waals surface area contributed by atoms with E-state index in [2.05, 4.69) is 0 Å². The van der Waals surface area contributed by atoms with Crippen molar-refractivity contribution in [2.75, 3.05) is 18.8 Å². The van der Waals surface area contributed by atoms with E-state index in [0.717, 1.165) is 5.75 Å². The van der Waals surface area contributed by atoms with E-state index < -0.39 is 10.0 Å². The van der Waals surface area contributed by atoms with Crippen LogP contribution in [0.3, 0.4) is 0 Å². The SMILES string of the molecule is CC1CN(S(=O)(=O)c2cc(C#N)ccc2Cl)CCS1. The molecule has 1 unspecified atom stereocenters. The monoisotopic (exact) mass is 316 g/mol. The number of halogens is 1. The van der Waals surface area contributed by atoms with Crippen molar-refractivity contribution < 1.29 is 8.42 Å². The number of hydrogen-bond donors (Lipinski definition) is 0. The van der Waals surface area contributed by atoms with Crippen LogP contribution in [0.25, 0.3) is 0 Å². The fraction of sp³-hybridized carbons (Fsp3) is 0.417. The first kappa shape index (κ1) is 14.7. The van der Waals surface area contributed by atoms with Crippen molar-refractivity contribution in [2.24, 2.45) is 0 Å². The zero-order chi connectivity index (χ0) is 14.0. The molecule has 1 aromatic carbocycles. The normalized spacial score (nSPS) is 21.0. The van der Waals surface area contributed by atoms with Gasteiger partial charge >= 0.3 is 0 Å². The highest BCUT2D eigenvalue weighted by Crippen LogP contribution is 2.29. The lowest BCUT2D eigenvalue weighted by Gasteiger charge is -2.29. The van der Waals surface area contributed by atoms with E-state index in [1.54, 1.807) is 11.8 Å². The van der Waals surface area contributed by atoms with Crippen LogP contribution in [0.4, 0.5) is 0 Å². The molecule has 102 valence electrons. The van der Waals surface area contributed by atoms with Gasteiger partial charge in [-0.1, -0.05) is 18.5 Å². The molecule has 0 bridgehead atoms. The lowest BCUT2D eigenvalue weighted by molar-refractivity contribution is 0.424. The van der Waals surface area contributed by atoms with Crippen molar-refractivity contribution in [2.45, 2.75) is 17.1 Å². The second-order valence-electron chi connectivity index (χ2n) is 4.30. The van der Waals surface area contributed by atoms with Crippen LogP contribution < -0.4 is 0 Å². The van der Waals surface area contributed by atoms with Gasteiger partial charge in [0.05, 0.1) is 16.7 Å². The minimum absolute atomic E-state index is 0.0207. The predicted molar refractivity (Wildman–Crippen MR) is 76.8 cm³/mol. The fourth-order valence-corrected chi connectivity index (χ4v) is 5.17. The summed E-state index contributed by atoms with van der Waals surface area (Å²) in [5.41, 5.74) is 0.294. The molecule has 0 spiro atoms. The quantitative estimate of drug-likeness (QED) is 0.840. The third-order valence-electron chi connectivity index (χ3n) is 2.88. The molecule has 0 N–H and O–H groups in total. The van der Waals surface area contributed by atoms with Crippen molar-refractivity contribution in [1.82, 2.24) is 4.31 Å². The molecule has 1 saturated heterocycles. The van der Waals surface area contributed by atoms with Crippen molar-refractivity contribution in [1.29, 1.82) is 5.26 Å². The third kappa shape index (κ3) is 3.06. The molecule has 1 aliphatic rings. The van der Waals surface area contributed by atoms with E-state index in [1.165, 1.54) is 22.5 Å². The molecule has 0 aromatic heterocycles. The van der Waals surface area contributed by atoms with E-state index in [0.29, 0.717) is 18.7 Å². The lowest BCUT2D eigenvalue weighted by Crippen LogP contribution is -2.41. The standard InChI is InChI=1S/C12H13ClN2O2S2/c1-9-8-15(4-5-18-9)19(16,17)12-6-10(7-14)2-3-11(12)13/h2-3,6,9H,4-5,8H2,1H3. The molecule has 0 radical (unpaired) electrons. The minimum Gasteiger partial charge on any atom is -0.207 e. The summed E-state index contributed by atoms with van der Waals surface area (Å²) in [7, 11) is -3.62. The van der Waals surface area contributed by atoms with Crippen LogP contribution in [-0.4, -0.2) is 36.8 Å². The average Bonchev–Trinajstić information content (AvgIpc) is 2.39. The first-order valence-corrected chi connectivity index (χ1v) is 8.63. The van der Waals surface area contributed by atoms with E-state index in [9.17, 15) is 8.42 Å². The Labute approximate surface area is 122 Å². The summed E-state index contributed by atoms with van der Waals surface area (Å²) in [6, 6.07) is 6.23. The zero-order valence-electron chi connectivity index (χ0n) is 10.3. The summed E-state index contributed by atoms with van der Waals surface area (Å²) < 4.78 is 26.5. The molecule has 0 amide bonds. The Morgan fingerprint density at radius 3 is 2.89 bits per heavy atom. The van der Waals surface area contributed by atoms with Gasteiger partial charge < -0.3 is 0 Å². The summed E-state index contributed by atoms with van der Waals surface area (Å²) in [4.78, 5) is 0.0207. The Hall–Kier alpha value is -0.740. The summed E-state index contributed by atoms with van der Waals surface area (Å²) in [5.74, 6) is 0.774. The summed E-state index contributed by atoms with van der Waals surface area (Å²) in [6.45, 7) is 2.95. The molecular formula is C12H13ClN2O2S2. The Morgan fingerprint density at radius 1 is 1.53 bits per heavy atom. The molecule has 7 heteroatoms. The molecular weight excluding hydrogens is 304 g/mol. The number of thioether (sulfide) groups is 1. The maximum absolute atomic E-state index is 12.5. The first-order valence-electron chi connectivity index (χ1n) is 5.76. The Morgan fingerprint density at radius 2 is 2.26 bits per heavy atom. The maximum atomic E-state index is 12.5. The maximum Gasteiger partial charge on any atom is 0.244 e. The number of rotatable bonds is 2. The molecule has 19 heavy (non-hydrogen) atoms. The van der Waals surface area contributed by atoms with Crippen molar-refractivity contribution >= 4 is 33.4 Å². The first-order chi connectivity index (χ1) is 8.95. The van der Waals surface area contributed by atoms with Gasteiger partial charge in [0.15, 0.2) is 0 Å². The van der Waals surface area contributed by atoms with Gasteiger partial charge in [-0.2, -0.15) is 21.3 Å². The van der Waals surface area contributed by atoms with Gasteiger partial charge in [0.25, 0.3) is 0 Å².